The maximum Gasteiger partial charge on any atom is 0.355 e. The highest BCUT2D eigenvalue weighted by Gasteiger charge is 2.34. The number of amides is 1. The molecule has 46 heavy (non-hydrogen) atoms. The molecule has 8 nitrogen and oxygen atoms in total. The fourth-order valence-electron chi connectivity index (χ4n) is 6.38. The number of hydrogen-bond donors (Lipinski definition) is 0. The zero-order valence-corrected chi connectivity index (χ0v) is 27.9. The summed E-state index contributed by atoms with van der Waals surface area (Å²) in [6, 6.07) is 11.0. The van der Waals surface area contributed by atoms with Crippen molar-refractivity contribution >= 4 is 56.1 Å². The number of benzene rings is 1. The Labute approximate surface area is 278 Å². The van der Waals surface area contributed by atoms with Crippen LogP contribution < -0.4 is 10.6 Å². The molecule has 1 aliphatic heterocycles. The second-order valence-electron chi connectivity index (χ2n) is 12.5. The standard InChI is InChI=1S/C35H37B2ClN6O2/c1-8-29(45)42-17-21(6)43(22(7)18-42)34-26-16-27(38)31(25-12-10-9-11-23(25)15-28(36)37)40-33(26)44(35(46)41-34)32-24(19(2)3)13-14-39-30(32)20(4)5/h8-16,19-22H,1,17-18H2,2-7H3/t21-,22-/m0/s1. The van der Waals surface area contributed by atoms with Crippen LogP contribution in [0.25, 0.3) is 34.1 Å². The Hall–Kier alpha value is -4.17. The number of carbonyl (C=O) groups is 1. The summed E-state index contributed by atoms with van der Waals surface area (Å²) in [6.07, 6.45) is 4.77. The van der Waals surface area contributed by atoms with Crippen molar-refractivity contribution in [2.45, 2.75) is 65.5 Å². The highest BCUT2D eigenvalue weighted by atomic mass is 35.5. The predicted octanol–water partition coefficient (Wildman–Crippen LogP) is 5.99. The molecule has 11 heteroatoms. The van der Waals surface area contributed by atoms with Crippen LogP contribution in [-0.2, 0) is 4.79 Å². The number of carbonyl (C=O) groups excluding carboxylic acids is 1. The van der Waals surface area contributed by atoms with Gasteiger partial charge in [0.25, 0.3) is 0 Å². The second-order valence-corrected chi connectivity index (χ2v) is 12.9. The fourth-order valence-corrected chi connectivity index (χ4v) is 6.63. The minimum Gasteiger partial charge on any atom is -0.347 e. The van der Waals surface area contributed by atoms with E-state index in [1.165, 1.54) is 6.08 Å². The molecule has 1 fully saturated rings. The summed E-state index contributed by atoms with van der Waals surface area (Å²) in [7, 11) is 11.7. The van der Waals surface area contributed by atoms with E-state index in [0.717, 1.165) is 16.8 Å². The number of hydrogen-bond acceptors (Lipinski definition) is 6. The third-order valence-electron chi connectivity index (χ3n) is 8.37. The highest BCUT2D eigenvalue weighted by molar-refractivity contribution is 6.50. The maximum atomic E-state index is 14.4. The first kappa shape index (κ1) is 33.2. The molecule has 0 unspecified atom stereocenters. The minimum absolute atomic E-state index is 0.0102. The summed E-state index contributed by atoms with van der Waals surface area (Å²) in [5.74, 6) is 0.419. The van der Waals surface area contributed by atoms with Gasteiger partial charge in [-0.15, -0.1) is 0 Å². The molecular formula is C35H37B2ClN6O2. The van der Waals surface area contributed by atoms with Crippen molar-refractivity contribution in [1.82, 2.24) is 24.4 Å². The van der Waals surface area contributed by atoms with Gasteiger partial charge >= 0.3 is 5.69 Å². The monoisotopic (exact) mass is 630 g/mol. The number of halogens is 1. The van der Waals surface area contributed by atoms with Crippen LogP contribution in [0, 0.1) is 0 Å². The molecule has 232 valence electrons. The van der Waals surface area contributed by atoms with E-state index in [2.05, 4.69) is 25.3 Å². The molecule has 4 radical (unpaired) electrons. The number of pyridine rings is 2. The van der Waals surface area contributed by atoms with E-state index >= 15 is 0 Å². The van der Waals surface area contributed by atoms with Crippen LogP contribution in [0.3, 0.4) is 0 Å². The lowest BCUT2D eigenvalue weighted by Gasteiger charge is -2.45. The van der Waals surface area contributed by atoms with Crippen molar-refractivity contribution in [3.05, 3.63) is 92.9 Å². The topological polar surface area (TPSA) is 84.2 Å². The van der Waals surface area contributed by atoms with Gasteiger partial charge in [-0.25, -0.2) is 14.3 Å². The SMILES string of the molecule is [B]C([B])=Cc1ccccc1-c1nc2c(cc1Cl)c(N1[C@@H](C)CN(C(=O)C=C)C[C@@H]1C)nc(=O)n2-c1c(C(C)C)ccnc1C(C)C. The van der Waals surface area contributed by atoms with Crippen molar-refractivity contribution in [3.8, 4) is 16.9 Å². The molecule has 1 aliphatic rings. The third-order valence-corrected chi connectivity index (χ3v) is 8.65. The van der Waals surface area contributed by atoms with Crippen LogP contribution in [0.1, 0.15) is 70.2 Å². The summed E-state index contributed by atoms with van der Waals surface area (Å²) in [4.78, 5) is 45.4. The molecule has 0 bridgehead atoms. The average Bonchev–Trinajstić information content (AvgIpc) is 3.00. The van der Waals surface area contributed by atoms with E-state index in [0.29, 0.717) is 51.9 Å². The molecule has 1 saturated heterocycles. The van der Waals surface area contributed by atoms with Crippen LogP contribution in [0.2, 0.25) is 5.02 Å². The summed E-state index contributed by atoms with van der Waals surface area (Å²) in [5.41, 5.74) is 4.21. The first-order valence-corrected chi connectivity index (χ1v) is 15.9. The van der Waals surface area contributed by atoms with Crippen LogP contribution >= 0.6 is 11.6 Å². The van der Waals surface area contributed by atoms with Gasteiger partial charge in [-0.05, 0) is 55.0 Å². The Morgan fingerprint density at radius 2 is 1.72 bits per heavy atom. The molecular weight excluding hydrogens is 594 g/mol. The molecule has 4 heterocycles. The normalized spacial score (nSPS) is 16.7. The lowest BCUT2D eigenvalue weighted by atomic mass is 9.77. The maximum absolute atomic E-state index is 14.4. The molecule has 1 aromatic carbocycles. The van der Waals surface area contributed by atoms with Gasteiger partial charge in [-0.1, -0.05) is 76.2 Å². The van der Waals surface area contributed by atoms with E-state index in [1.54, 1.807) is 21.7 Å². The Morgan fingerprint density at radius 3 is 2.33 bits per heavy atom. The van der Waals surface area contributed by atoms with Crippen molar-refractivity contribution in [3.63, 3.8) is 0 Å². The summed E-state index contributed by atoms with van der Waals surface area (Å²) >= 11 is 7.06. The molecule has 5 rings (SSSR count). The van der Waals surface area contributed by atoms with E-state index < -0.39 is 5.69 Å². The Kier molecular flexibility index (Phi) is 9.59. The van der Waals surface area contributed by atoms with E-state index in [9.17, 15) is 9.59 Å². The molecule has 0 aliphatic carbocycles. The van der Waals surface area contributed by atoms with Crippen molar-refractivity contribution in [2.24, 2.45) is 0 Å². The summed E-state index contributed by atoms with van der Waals surface area (Å²) in [6.45, 7) is 16.8. The zero-order valence-electron chi connectivity index (χ0n) is 27.2. The number of rotatable bonds is 7. The van der Waals surface area contributed by atoms with Crippen molar-refractivity contribution < 1.29 is 4.79 Å². The number of anilines is 1. The quantitative estimate of drug-likeness (QED) is 0.184. The van der Waals surface area contributed by atoms with Crippen LogP contribution in [-0.4, -0.2) is 71.2 Å². The molecule has 0 saturated carbocycles. The molecule has 4 aromatic rings. The Morgan fingerprint density at radius 1 is 1.04 bits per heavy atom. The molecule has 1 amide bonds. The summed E-state index contributed by atoms with van der Waals surface area (Å²) < 4.78 is 1.58. The van der Waals surface area contributed by atoms with Crippen LogP contribution in [0.4, 0.5) is 5.82 Å². The van der Waals surface area contributed by atoms with Gasteiger partial charge in [0.05, 0.1) is 43.2 Å². The zero-order chi connectivity index (χ0) is 33.4. The number of aromatic nitrogens is 4. The van der Waals surface area contributed by atoms with Crippen molar-refractivity contribution in [2.75, 3.05) is 18.0 Å². The van der Waals surface area contributed by atoms with Gasteiger partial charge in [0.1, 0.15) is 5.82 Å². The second kappa shape index (κ2) is 13.3. The minimum atomic E-state index is -0.483. The number of fused-ring (bicyclic) bond motifs is 1. The number of nitrogens with zero attached hydrogens (tertiary/aromatic N) is 6. The lowest BCUT2D eigenvalue weighted by molar-refractivity contribution is -0.127. The first-order chi connectivity index (χ1) is 21.8. The Bertz CT molecular complexity index is 1880. The first-order valence-electron chi connectivity index (χ1n) is 15.5. The summed E-state index contributed by atoms with van der Waals surface area (Å²) in [5, 5.41) is 1.12. The smallest absolute Gasteiger partial charge is 0.347 e. The van der Waals surface area contributed by atoms with Gasteiger partial charge in [0.2, 0.25) is 5.91 Å². The molecule has 2 atom stereocenters. The average molecular weight is 631 g/mol. The fraction of sp³-hybridized carbons (Fsp3) is 0.343. The van der Waals surface area contributed by atoms with E-state index in [-0.39, 0.29) is 35.2 Å². The van der Waals surface area contributed by atoms with Gasteiger partial charge in [-0.2, -0.15) is 10.4 Å². The largest absolute Gasteiger partial charge is 0.355 e. The van der Waals surface area contributed by atoms with E-state index in [1.807, 2.05) is 64.1 Å². The van der Waals surface area contributed by atoms with Gasteiger partial charge in [0, 0.05) is 36.9 Å². The van der Waals surface area contributed by atoms with Crippen LogP contribution in [0.5, 0.6) is 0 Å². The predicted molar refractivity (Wildman–Crippen MR) is 189 cm³/mol. The van der Waals surface area contributed by atoms with E-state index in [4.69, 9.17) is 42.2 Å². The highest BCUT2D eigenvalue weighted by Crippen LogP contribution is 2.38. The van der Waals surface area contributed by atoms with Gasteiger partial charge in [0.15, 0.2) is 5.65 Å². The van der Waals surface area contributed by atoms with Gasteiger partial charge < -0.3 is 9.80 Å². The molecule has 0 spiro atoms. The molecule has 3 aromatic heterocycles. The van der Waals surface area contributed by atoms with Crippen LogP contribution in [0.15, 0.2) is 65.4 Å². The van der Waals surface area contributed by atoms with Crippen molar-refractivity contribution in [1.29, 1.82) is 0 Å². The Balaban J connectivity index is 1.89. The lowest BCUT2D eigenvalue weighted by Crippen LogP contribution is -2.58. The number of piperazine rings is 1. The van der Waals surface area contributed by atoms with Gasteiger partial charge in [-0.3, -0.25) is 9.78 Å². The molecule has 0 N–H and O–H groups in total. The third kappa shape index (κ3) is 6.15.